The van der Waals surface area contributed by atoms with Crippen molar-refractivity contribution < 1.29 is 18.4 Å². The van der Waals surface area contributed by atoms with Crippen LogP contribution < -0.4 is 21.2 Å². The Hall–Kier alpha value is -2.66. The summed E-state index contributed by atoms with van der Waals surface area (Å²) in [5.41, 5.74) is 4.70. The van der Waals surface area contributed by atoms with Crippen molar-refractivity contribution in [3.05, 3.63) is 126 Å². The zero-order valence-electron chi connectivity index (χ0n) is 23.2. The Morgan fingerprint density at radius 1 is 0.923 bits per heavy atom. The van der Waals surface area contributed by atoms with Gasteiger partial charge in [0.2, 0.25) is 0 Å². The number of hydrogen-bond donors (Lipinski definition) is 0. The van der Waals surface area contributed by atoms with Gasteiger partial charge in [0.25, 0.3) is 0 Å². The Kier molecular flexibility index (Phi) is 11.6. The molecule has 39 heavy (non-hydrogen) atoms. The second-order valence-corrected chi connectivity index (χ2v) is 14.6. The Morgan fingerprint density at radius 2 is 1.36 bits per heavy atom. The minimum absolute atomic E-state index is 0.272. The van der Waals surface area contributed by atoms with E-state index in [1.54, 1.807) is 5.57 Å². The third kappa shape index (κ3) is 8.17. The number of allylic oxidation sites excluding steroid dienone is 6. The molecule has 0 saturated carbocycles. The summed E-state index contributed by atoms with van der Waals surface area (Å²) in [6.07, 6.45) is 12.1. The second-order valence-electron chi connectivity index (χ2n) is 10.5. The summed E-state index contributed by atoms with van der Waals surface area (Å²) < 4.78 is 20.1. The van der Waals surface area contributed by atoms with Crippen molar-refractivity contribution in [1.82, 2.24) is 0 Å². The molecule has 1 atom stereocenters. The standard InChI is InChI=1S/C33H38P.H2O4S/c1-27(22-23-32-28(2)15-14-25-33(32,3)4)24-26-34(29-16-8-5-9-17-29,30-18-10-6-11-19-30)31-20-12-7-13-21-31;1-4-5(2)3/h5-13,16-24H,14-15,25-26H2,1-4H3;1H,(H,2,3)/q+1;/p-2/b23-22+,27-24+;. The van der Waals surface area contributed by atoms with Crippen molar-refractivity contribution in [2.45, 2.75) is 47.0 Å². The Morgan fingerprint density at radius 3 is 1.74 bits per heavy atom. The van der Waals surface area contributed by atoms with E-state index in [9.17, 15) is 0 Å². The molecule has 206 valence electrons. The van der Waals surface area contributed by atoms with Gasteiger partial charge in [-0.25, -0.2) is 4.21 Å². The van der Waals surface area contributed by atoms with Gasteiger partial charge in [-0.3, -0.25) is 0 Å². The molecule has 0 amide bonds. The summed E-state index contributed by atoms with van der Waals surface area (Å²) >= 11 is -2.88. The first kappa shape index (κ1) is 30.9. The lowest BCUT2D eigenvalue weighted by Gasteiger charge is -2.33. The molecule has 0 bridgehead atoms. The predicted molar refractivity (Wildman–Crippen MR) is 163 cm³/mol. The van der Waals surface area contributed by atoms with E-state index in [-0.39, 0.29) is 5.41 Å². The van der Waals surface area contributed by atoms with Gasteiger partial charge in [0, 0.05) is 0 Å². The van der Waals surface area contributed by atoms with Gasteiger partial charge in [0.05, 0.1) is 17.5 Å². The van der Waals surface area contributed by atoms with E-state index in [4.69, 9.17) is 14.0 Å². The van der Waals surface area contributed by atoms with E-state index in [1.165, 1.54) is 46.3 Å². The Labute approximate surface area is 236 Å². The van der Waals surface area contributed by atoms with E-state index < -0.39 is 18.6 Å². The molecule has 3 aromatic carbocycles. The lowest BCUT2D eigenvalue weighted by Crippen LogP contribution is -2.33. The van der Waals surface area contributed by atoms with Gasteiger partial charge in [-0.1, -0.05) is 91.7 Å². The molecular weight excluding hydrogens is 523 g/mol. The minimum Gasteiger partial charge on any atom is -0.750 e. The second kappa shape index (κ2) is 14.6. The molecule has 1 unspecified atom stereocenters. The van der Waals surface area contributed by atoms with Gasteiger partial charge < -0.3 is 14.1 Å². The Balaban J connectivity index is 0.000000771. The van der Waals surface area contributed by atoms with E-state index in [1.807, 2.05) is 0 Å². The highest BCUT2D eigenvalue weighted by molar-refractivity contribution is 7.95. The third-order valence-electron chi connectivity index (χ3n) is 7.39. The van der Waals surface area contributed by atoms with E-state index in [2.05, 4.69) is 141 Å². The first-order valence-corrected chi connectivity index (χ1v) is 16.2. The van der Waals surface area contributed by atoms with Crippen LogP contribution in [0.25, 0.3) is 0 Å². The predicted octanol–water partition coefficient (Wildman–Crippen LogP) is 6.08. The van der Waals surface area contributed by atoms with Crippen molar-refractivity contribution >= 4 is 34.5 Å². The number of benzene rings is 3. The molecule has 1 aliphatic carbocycles. The first-order chi connectivity index (χ1) is 18.7. The molecule has 6 heteroatoms. The zero-order chi connectivity index (χ0) is 28.3. The lowest BCUT2D eigenvalue weighted by atomic mass is 9.72. The summed E-state index contributed by atoms with van der Waals surface area (Å²) in [5, 5.41) is 12.8. The molecule has 4 rings (SSSR count). The van der Waals surface area contributed by atoms with Gasteiger partial charge in [-0.15, -0.1) is 0 Å². The van der Waals surface area contributed by atoms with Crippen LogP contribution in [-0.4, -0.2) is 14.9 Å². The van der Waals surface area contributed by atoms with Crippen LogP contribution in [0.2, 0.25) is 0 Å². The van der Waals surface area contributed by atoms with Crippen LogP contribution in [0, 0.1) is 5.41 Å². The van der Waals surface area contributed by atoms with Crippen molar-refractivity contribution in [1.29, 1.82) is 0 Å². The zero-order valence-corrected chi connectivity index (χ0v) is 24.9. The van der Waals surface area contributed by atoms with Crippen LogP contribution in [0.4, 0.5) is 0 Å². The molecule has 1 aliphatic rings. The molecule has 0 heterocycles. The fourth-order valence-electron chi connectivity index (χ4n) is 5.38. The van der Waals surface area contributed by atoms with Crippen LogP contribution in [0.1, 0.15) is 47.0 Å². The first-order valence-electron chi connectivity index (χ1n) is 13.2. The van der Waals surface area contributed by atoms with Crippen LogP contribution in [0.5, 0.6) is 0 Å². The van der Waals surface area contributed by atoms with Gasteiger partial charge in [-0.05, 0) is 86.6 Å². The number of hydrogen-bond acceptors (Lipinski definition) is 4. The molecule has 0 spiro atoms. The van der Waals surface area contributed by atoms with E-state index in [0.29, 0.717) is 0 Å². The molecule has 3 aromatic rings. The summed E-state index contributed by atoms with van der Waals surface area (Å²) in [7, 11) is -1.82. The third-order valence-corrected chi connectivity index (χ3v) is 11.8. The van der Waals surface area contributed by atoms with Gasteiger partial charge in [0.15, 0.2) is 0 Å². The largest absolute Gasteiger partial charge is 0.750 e. The van der Waals surface area contributed by atoms with Crippen molar-refractivity contribution in [2.24, 2.45) is 5.41 Å². The Bertz CT molecular complexity index is 1200. The van der Waals surface area contributed by atoms with E-state index >= 15 is 0 Å². The molecule has 0 aliphatic heterocycles. The van der Waals surface area contributed by atoms with Crippen LogP contribution in [0.15, 0.2) is 126 Å². The molecule has 0 fully saturated rings. The minimum atomic E-state index is -2.88. The number of rotatable bonds is 8. The monoisotopic (exact) mass is 561 g/mol. The average Bonchev–Trinajstić information content (AvgIpc) is 2.95. The van der Waals surface area contributed by atoms with Crippen LogP contribution >= 0.6 is 7.26 Å². The summed E-state index contributed by atoms with van der Waals surface area (Å²) in [6, 6.07) is 33.4. The molecule has 0 N–H and O–H groups in total. The van der Waals surface area contributed by atoms with Crippen molar-refractivity contribution in [2.75, 3.05) is 6.16 Å². The van der Waals surface area contributed by atoms with Crippen LogP contribution in [-0.2, 0) is 15.7 Å². The summed E-state index contributed by atoms with van der Waals surface area (Å²) in [4.78, 5) is 0. The smallest absolute Gasteiger partial charge is 0.115 e. The van der Waals surface area contributed by atoms with Crippen LogP contribution in [0.3, 0.4) is 0 Å². The quantitative estimate of drug-likeness (QED) is 0.110. The molecule has 0 radical (unpaired) electrons. The van der Waals surface area contributed by atoms with Crippen molar-refractivity contribution in [3.8, 4) is 0 Å². The average molecular weight is 562 g/mol. The highest BCUT2D eigenvalue weighted by atomic mass is 32.2. The fourth-order valence-corrected chi connectivity index (χ4v) is 9.52. The highest BCUT2D eigenvalue weighted by Gasteiger charge is 2.44. The summed E-state index contributed by atoms with van der Waals surface area (Å²) in [5.74, 6) is 0. The molecule has 4 nitrogen and oxygen atoms in total. The fraction of sp³-hybridized carbons (Fsp3) is 0.273. The maximum atomic E-state index is 8.83. The van der Waals surface area contributed by atoms with E-state index in [0.717, 1.165) is 6.16 Å². The van der Waals surface area contributed by atoms with Gasteiger partial charge in [-0.2, -0.15) is 0 Å². The van der Waals surface area contributed by atoms with Crippen molar-refractivity contribution in [3.63, 3.8) is 0 Å². The SMILES string of the molecule is CC1=C(/C=C/C(C)=C/C[P+](c2ccccc2)(c2ccccc2)c2ccccc2)C(C)(C)CCC1.O=S([O-])O[O-]. The lowest BCUT2D eigenvalue weighted by molar-refractivity contribution is -0.635. The van der Waals surface area contributed by atoms with Gasteiger partial charge >= 0.3 is 0 Å². The topological polar surface area (TPSA) is 72.4 Å². The molecule has 0 aromatic heterocycles. The molecule has 0 saturated heterocycles. The maximum Gasteiger partial charge on any atom is 0.115 e. The maximum absolute atomic E-state index is 8.83. The molecular formula is C33H38O4PS-. The van der Waals surface area contributed by atoms with Gasteiger partial charge in [0.1, 0.15) is 23.2 Å². The summed E-state index contributed by atoms with van der Waals surface area (Å²) in [6.45, 7) is 9.37. The highest BCUT2D eigenvalue weighted by Crippen LogP contribution is 2.55. The normalized spacial score (nSPS) is 16.5.